The molecule has 0 aromatic carbocycles. The Kier molecular flexibility index (Phi) is 1.41. The molecule has 2 rings (SSSR count). The summed E-state index contributed by atoms with van der Waals surface area (Å²) < 4.78 is 13.1. The maximum atomic E-state index is 13.1. The van der Waals surface area contributed by atoms with E-state index in [0.717, 1.165) is 12.8 Å². The quantitative estimate of drug-likeness (QED) is 0.627. The number of carboxylic acid groups (broad SMARTS) is 1. The molecule has 0 aromatic heterocycles. The number of carboxylic acids is 1. The van der Waals surface area contributed by atoms with Crippen LogP contribution < -0.4 is 0 Å². The van der Waals surface area contributed by atoms with Gasteiger partial charge in [0, 0.05) is 5.92 Å². The van der Waals surface area contributed by atoms with Gasteiger partial charge in [-0.15, -0.1) is 0 Å². The summed E-state index contributed by atoms with van der Waals surface area (Å²) in [5, 5.41) is 8.69. The number of fused-ring (bicyclic) bond motifs is 2. The van der Waals surface area contributed by atoms with Crippen molar-refractivity contribution >= 4 is 5.97 Å². The van der Waals surface area contributed by atoms with E-state index in [2.05, 4.69) is 0 Å². The number of halogens is 1. The van der Waals surface area contributed by atoms with Crippen molar-refractivity contribution in [2.75, 3.05) is 0 Å². The van der Waals surface area contributed by atoms with Crippen LogP contribution in [0.2, 0.25) is 0 Å². The average molecular weight is 158 g/mol. The summed E-state index contributed by atoms with van der Waals surface area (Å²) in [5.74, 6) is -1.30. The lowest BCUT2D eigenvalue weighted by atomic mass is 9.89. The maximum absolute atomic E-state index is 13.1. The van der Waals surface area contributed by atoms with Crippen LogP contribution in [0.5, 0.6) is 0 Å². The lowest BCUT2D eigenvalue weighted by Gasteiger charge is -2.15. The summed E-state index contributed by atoms with van der Waals surface area (Å²) in [6.07, 6.45) is 1.43. The monoisotopic (exact) mass is 158 g/mol. The smallest absolute Gasteiger partial charge is 0.306 e. The highest BCUT2D eigenvalue weighted by atomic mass is 19.1. The minimum Gasteiger partial charge on any atom is -0.481 e. The Labute approximate surface area is 64.4 Å². The highest BCUT2D eigenvalue weighted by Gasteiger charge is 2.51. The van der Waals surface area contributed by atoms with Crippen LogP contribution in [0.1, 0.15) is 19.3 Å². The summed E-state index contributed by atoms with van der Waals surface area (Å²) >= 11 is 0. The molecule has 0 amide bonds. The van der Waals surface area contributed by atoms with Crippen LogP contribution >= 0.6 is 0 Å². The summed E-state index contributed by atoms with van der Waals surface area (Å²) in [6.45, 7) is 0. The van der Waals surface area contributed by atoms with Crippen LogP contribution in [0, 0.1) is 17.8 Å². The van der Waals surface area contributed by atoms with Crippen LogP contribution in [-0.4, -0.2) is 17.2 Å². The fraction of sp³-hybridized carbons (Fsp3) is 0.875. The number of hydrogen-bond donors (Lipinski definition) is 1. The Balaban J connectivity index is 2.14. The van der Waals surface area contributed by atoms with Gasteiger partial charge >= 0.3 is 5.97 Å². The van der Waals surface area contributed by atoms with Gasteiger partial charge in [0.1, 0.15) is 6.17 Å². The van der Waals surface area contributed by atoms with Crippen LogP contribution in [-0.2, 0) is 4.79 Å². The van der Waals surface area contributed by atoms with Gasteiger partial charge in [0.25, 0.3) is 0 Å². The Morgan fingerprint density at radius 3 is 2.45 bits per heavy atom. The predicted molar refractivity (Wildman–Crippen MR) is 36.9 cm³/mol. The lowest BCUT2D eigenvalue weighted by molar-refractivity contribution is -0.143. The molecule has 62 valence electrons. The third-order valence-corrected chi connectivity index (χ3v) is 3.12. The molecule has 1 N–H and O–H groups in total. The second kappa shape index (κ2) is 2.19. The molecule has 11 heavy (non-hydrogen) atoms. The molecule has 3 heteroatoms. The Morgan fingerprint density at radius 1 is 1.45 bits per heavy atom. The lowest BCUT2D eigenvalue weighted by Crippen LogP contribution is -2.21. The van der Waals surface area contributed by atoms with Gasteiger partial charge in [0.05, 0.1) is 5.92 Å². The molecule has 0 saturated heterocycles. The zero-order chi connectivity index (χ0) is 8.01. The Bertz CT molecular complexity index is 193. The molecular weight excluding hydrogens is 147 g/mol. The minimum absolute atomic E-state index is 0.0566. The normalized spacial score (nSPS) is 48.1. The second-order valence-corrected chi connectivity index (χ2v) is 3.63. The van der Waals surface area contributed by atoms with Crippen LogP contribution in [0.15, 0.2) is 0 Å². The van der Waals surface area contributed by atoms with Gasteiger partial charge < -0.3 is 5.11 Å². The largest absolute Gasteiger partial charge is 0.481 e. The first kappa shape index (κ1) is 7.07. The van der Waals surface area contributed by atoms with Crippen LogP contribution in [0.4, 0.5) is 4.39 Å². The molecule has 0 spiro atoms. The third kappa shape index (κ3) is 0.865. The van der Waals surface area contributed by atoms with E-state index in [1.165, 1.54) is 0 Å². The highest BCUT2D eigenvalue weighted by Crippen LogP contribution is 2.50. The predicted octanol–water partition coefficient (Wildman–Crippen LogP) is 1.46. The van der Waals surface area contributed by atoms with E-state index in [1.807, 2.05) is 0 Å². The molecule has 2 fully saturated rings. The van der Waals surface area contributed by atoms with E-state index in [1.54, 1.807) is 0 Å². The fourth-order valence-electron chi connectivity index (χ4n) is 2.53. The molecule has 2 nitrogen and oxygen atoms in total. The summed E-state index contributed by atoms with van der Waals surface area (Å²) in [4.78, 5) is 10.6. The van der Waals surface area contributed by atoms with Crippen molar-refractivity contribution in [3.63, 3.8) is 0 Å². The first-order chi connectivity index (χ1) is 5.20. The number of rotatable bonds is 1. The Hall–Kier alpha value is -0.600. The van der Waals surface area contributed by atoms with Gasteiger partial charge in [0.15, 0.2) is 0 Å². The van der Waals surface area contributed by atoms with E-state index in [4.69, 9.17) is 5.11 Å². The standard InChI is InChI=1S/C8H11FO2/c9-7-4-1-2-5(7)6(3-4)8(10)11/h4-7H,1-3H2,(H,10,11)/t4-,5-,6-,7-/m1/s1. The van der Waals surface area contributed by atoms with Crippen molar-refractivity contribution in [2.24, 2.45) is 17.8 Å². The molecule has 0 unspecified atom stereocenters. The van der Waals surface area contributed by atoms with Gasteiger partial charge in [0.2, 0.25) is 0 Å². The minimum atomic E-state index is -0.823. The van der Waals surface area contributed by atoms with Crippen LogP contribution in [0.25, 0.3) is 0 Å². The molecule has 0 heterocycles. The average Bonchev–Trinajstić information content (AvgIpc) is 2.46. The SMILES string of the molecule is O=C(O)[C@@H]1C[C@H]2CC[C@H]1[C@@H]2F. The topological polar surface area (TPSA) is 37.3 Å². The summed E-state index contributed by atoms with van der Waals surface area (Å²) in [7, 11) is 0. The van der Waals surface area contributed by atoms with Crippen molar-refractivity contribution in [3.8, 4) is 0 Å². The molecule has 2 aliphatic carbocycles. The molecule has 2 saturated carbocycles. The van der Waals surface area contributed by atoms with Gasteiger partial charge in [-0.25, -0.2) is 4.39 Å². The highest BCUT2D eigenvalue weighted by molar-refractivity contribution is 5.71. The van der Waals surface area contributed by atoms with E-state index < -0.39 is 12.1 Å². The van der Waals surface area contributed by atoms with Gasteiger partial charge in [-0.1, -0.05) is 0 Å². The van der Waals surface area contributed by atoms with Gasteiger partial charge in [-0.2, -0.15) is 0 Å². The summed E-state index contributed by atoms with van der Waals surface area (Å²) in [6, 6.07) is 0. The van der Waals surface area contributed by atoms with E-state index >= 15 is 0 Å². The zero-order valence-electron chi connectivity index (χ0n) is 6.16. The van der Waals surface area contributed by atoms with Crippen molar-refractivity contribution < 1.29 is 14.3 Å². The fourth-order valence-corrected chi connectivity index (χ4v) is 2.53. The van der Waals surface area contributed by atoms with Gasteiger partial charge in [-0.05, 0) is 25.2 Å². The van der Waals surface area contributed by atoms with Gasteiger partial charge in [-0.3, -0.25) is 4.79 Å². The van der Waals surface area contributed by atoms with Crippen molar-refractivity contribution in [2.45, 2.75) is 25.4 Å². The molecular formula is C8H11FO2. The van der Waals surface area contributed by atoms with Crippen molar-refractivity contribution in [3.05, 3.63) is 0 Å². The molecule has 2 bridgehead atoms. The van der Waals surface area contributed by atoms with E-state index in [9.17, 15) is 9.18 Å². The first-order valence-corrected chi connectivity index (χ1v) is 4.07. The number of aliphatic carboxylic acids is 1. The number of carbonyl (C=O) groups is 1. The van der Waals surface area contributed by atoms with Crippen molar-refractivity contribution in [1.82, 2.24) is 0 Å². The number of alkyl halides is 1. The number of hydrogen-bond acceptors (Lipinski definition) is 1. The summed E-state index contributed by atoms with van der Waals surface area (Å²) in [5.41, 5.74) is 0. The van der Waals surface area contributed by atoms with E-state index in [0.29, 0.717) is 6.42 Å². The third-order valence-electron chi connectivity index (χ3n) is 3.12. The maximum Gasteiger partial charge on any atom is 0.306 e. The zero-order valence-corrected chi connectivity index (χ0v) is 6.16. The molecule has 2 aliphatic rings. The van der Waals surface area contributed by atoms with Crippen molar-refractivity contribution in [1.29, 1.82) is 0 Å². The van der Waals surface area contributed by atoms with E-state index in [-0.39, 0.29) is 17.8 Å². The molecule has 0 radical (unpaired) electrons. The molecule has 4 atom stereocenters. The van der Waals surface area contributed by atoms with Crippen LogP contribution in [0.3, 0.4) is 0 Å². The second-order valence-electron chi connectivity index (χ2n) is 3.63. The molecule has 0 aromatic rings. The Morgan fingerprint density at radius 2 is 2.18 bits per heavy atom. The first-order valence-electron chi connectivity index (χ1n) is 4.07. The molecule has 0 aliphatic heterocycles.